The monoisotopic (exact) mass is 273 g/mol. The zero-order chi connectivity index (χ0) is 11.2. The van der Waals surface area contributed by atoms with Crippen molar-refractivity contribution < 1.29 is 9.50 Å². The van der Waals surface area contributed by atoms with Crippen LogP contribution in [-0.4, -0.2) is 11.2 Å². The van der Waals surface area contributed by atoms with E-state index in [1.165, 1.54) is 6.07 Å². The van der Waals surface area contributed by atoms with E-state index in [2.05, 4.69) is 15.9 Å². The van der Waals surface area contributed by atoms with Gasteiger partial charge < -0.3 is 10.8 Å². The second kappa shape index (κ2) is 3.54. The van der Waals surface area contributed by atoms with Crippen LogP contribution in [0.5, 0.6) is 0 Å². The molecule has 0 aromatic heterocycles. The van der Waals surface area contributed by atoms with Crippen molar-refractivity contribution in [2.45, 2.75) is 25.0 Å². The van der Waals surface area contributed by atoms with Gasteiger partial charge in [-0.1, -0.05) is 15.9 Å². The summed E-state index contributed by atoms with van der Waals surface area (Å²) in [6.07, 6.45) is 0.261. The normalized spacial score (nSPS) is 28.6. The first-order valence-corrected chi connectivity index (χ1v) is 5.64. The van der Waals surface area contributed by atoms with Gasteiger partial charge in [-0.15, -0.1) is 0 Å². The summed E-state index contributed by atoms with van der Waals surface area (Å²) in [6, 6.07) is 4.71. The first-order chi connectivity index (χ1) is 6.93. The SMILES string of the molecule is CC(N)(c1cc(Br)ccc1F)C1CC1O. The summed E-state index contributed by atoms with van der Waals surface area (Å²) in [7, 11) is 0. The Labute approximate surface area is 96.4 Å². The van der Waals surface area contributed by atoms with Crippen LogP contribution < -0.4 is 5.73 Å². The molecule has 0 spiro atoms. The van der Waals surface area contributed by atoms with Gasteiger partial charge in [-0.3, -0.25) is 0 Å². The van der Waals surface area contributed by atoms with Crippen LogP contribution in [0.1, 0.15) is 18.9 Å². The van der Waals surface area contributed by atoms with Crippen molar-refractivity contribution >= 4 is 15.9 Å². The summed E-state index contributed by atoms with van der Waals surface area (Å²) in [5, 5.41) is 9.37. The highest BCUT2D eigenvalue weighted by Gasteiger charge is 2.49. The zero-order valence-corrected chi connectivity index (χ0v) is 9.96. The number of hydrogen-bond acceptors (Lipinski definition) is 2. The van der Waals surface area contributed by atoms with Gasteiger partial charge >= 0.3 is 0 Å². The van der Waals surface area contributed by atoms with Crippen molar-refractivity contribution in [2.24, 2.45) is 11.7 Å². The van der Waals surface area contributed by atoms with Gasteiger partial charge in [-0.05, 0) is 31.5 Å². The van der Waals surface area contributed by atoms with E-state index in [4.69, 9.17) is 5.73 Å². The van der Waals surface area contributed by atoms with Crippen molar-refractivity contribution in [3.05, 3.63) is 34.1 Å². The minimum absolute atomic E-state index is 0.0405. The molecule has 82 valence electrons. The van der Waals surface area contributed by atoms with Gasteiger partial charge in [-0.2, -0.15) is 0 Å². The number of nitrogens with two attached hydrogens (primary N) is 1. The second-order valence-electron chi connectivity index (χ2n) is 4.32. The second-order valence-corrected chi connectivity index (χ2v) is 5.23. The highest BCUT2D eigenvalue weighted by atomic mass is 79.9. The van der Waals surface area contributed by atoms with E-state index >= 15 is 0 Å². The summed E-state index contributed by atoms with van der Waals surface area (Å²) < 4.78 is 14.4. The Morgan fingerprint density at radius 1 is 1.60 bits per heavy atom. The van der Waals surface area contributed by atoms with Gasteiger partial charge in [0.15, 0.2) is 0 Å². The highest BCUT2D eigenvalue weighted by molar-refractivity contribution is 9.10. The highest BCUT2D eigenvalue weighted by Crippen LogP contribution is 2.45. The summed E-state index contributed by atoms with van der Waals surface area (Å²) >= 11 is 3.29. The topological polar surface area (TPSA) is 46.2 Å². The summed E-state index contributed by atoms with van der Waals surface area (Å²) in [6.45, 7) is 1.76. The fourth-order valence-electron chi connectivity index (χ4n) is 1.94. The molecule has 2 nitrogen and oxygen atoms in total. The fraction of sp³-hybridized carbons (Fsp3) is 0.455. The van der Waals surface area contributed by atoms with E-state index in [0.717, 1.165) is 4.47 Å². The Balaban J connectivity index is 2.39. The average Bonchev–Trinajstić information content (AvgIpc) is 2.87. The molecule has 1 saturated carbocycles. The molecule has 1 aliphatic rings. The van der Waals surface area contributed by atoms with Crippen molar-refractivity contribution in [3.8, 4) is 0 Å². The van der Waals surface area contributed by atoms with Crippen LogP contribution in [0.2, 0.25) is 0 Å². The minimum Gasteiger partial charge on any atom is -0.393 e. The van der Waals surface area contributed by atoms with E-state index in [1.54, 1.807) is 19.1 Å². The molecule has 3 atom stereocenters. The van der Waals surface area contributed by atoms with Crippen LogP contribution in [0.15, 0.2) is 22.7 Å². The van der Waals surface area contributed by atoms with Crippen molar-refractivity contribution in [2.75, 3.05) is 0 Å². The van der Waals surface area contributed by atoms with Gasteiger partial charge in [-0.25, -0.2) is 4.39 Å². The van der Waals surface area contributed by atoms with E-state index in [0.29, 0.717) is 12.0 Å². The maximum Gasteiger partial charge on any atom is 0.128 e. The fourth-order valence-corrected chi connectivity index (χ4v) is 2.30. The third-order valence-corrected chi connectivity index (χ3v) is 3.53. The molecule has 1 fully saturated rings. The molecule has 0 amide bonds. The van der Waals surface area contributed by atoms with Gasteiger partial charge in [0.25, 0.3) is 0 Å². The molecule has 0 heterocycles. The number of aliphatic hydroxyl groups is 1. The number of halogens is 2. The smallest absolute Gasteiger partial charge is 0.128 e. The molecular weight excluding hydrogens is 261 g/mol. The predicted octanol–water partition coefficient (Wildman–Crippen LogP) is 2.14. The molecule has 2 rings (SSSR count). The average molecular weight is 274 g/mol. The van der Waals surface area contributed by atoms with Crippen LogP contribution in [0.3, 0.4) is 0 Å². The van der Waals surface area contributed by atoms with Gasteiger partial charge in [0.05, 0.1) is 6.10 Å². The van der Waals surface area contributed by atoms with Crippen molar-refractivity contribution in [1.82, 2.24) is 0 Å². The van der Waals surface area contributed by atoms with E-state index in [1.807, 2.05) is 0 Å². The molecular formula is C11H13BrFNO. The summed E-state index contributed by atoms with van der Waals surface area (Å²) in [4.78, 5) is 0. The van der Waals surface area contributed by atoms with Crippen LogP contribution >= 0.6 is 15.9 Å². The Morgan fingerprint density at radius 3 is 2.73 bits per heavy atom. The molecule has 3 unspecified atom stereocenters. The number of hydrogen-bond donors (Lipinski definition) is 2. The lowest BCUT2D eigenvalue weighted by Gasteiger charge is -2.25. The quantitative estimate of drug-likeness (QED) is 0.868. The van der Waals surface area contributed by atoms with Crippen molar-refractivity contribution in [1.29, 1.82) is 0 Å². The van der Waals surface area contributed by atoms with Gasteiger partial charge in [0.1, 0.15) is 5.82 Å². The number of benzene rings is 1. The third kappa shape index (κ3) is 1.94. The lowest BCUT2D eigenvalue weighted by atomic mass is 9.87. The maximum atomic E-state index is 13.6. The lowest BCUT2D eigenvalue weighted by Crippen LogP contribution is -2.37. The van der Waals surface area contributed by atoms with Crippen LogP contribution in [-0.2, 0) is 5.54 Å². The predicted molar refractivity (Wildman–Crippen MR) is 59.8 cm³/mol. The first-order valence-electron chi connectivity index (χ1n) is 4.85. The number of rotatable bonds is 2. The molecule has 0 saturated heterocycles. The van der Waals surface area contributed by atoms with Gasteiger partial charge in [0.2, 0.25) is 0 Å². The van der Waals surface area contributed by atoms with Crippen LogP contribution in [0.25, 0.3) is 0 Å². The molecule has 1 aliphatic carbocycles. The zero-order valence-electron chi connectivity index (χ0n) is 8.37. The molecule has 15 heavy (non-hydrogen) atoms. The minimum atomic E-state index is -0.798. The molecule has 1 aromatic carbocycles. The molecule has 0 bridgehead atoms. The molecule has 1 aromatic rings. The summed E-state index contributed by atoms with van der Waals surface area (Å²) in [5.41, 5.74) is 5.74. The molecule has 0 radical (unpaired) electrons. The molecule has 4 heteroatoms. The van der Waals surface area contributed by atoms with E-state index < -0.39 is 11.6 Å². The van der Waals surface area contributed by atoms with Crippen LogP contribution in [0, 0.1) is 11.7 Å². The Kier molecular flexibility index (Phi) is 2.61. The van der Waals surface area contributed by atoms with Crippen LogP contribution in [0.4, 0.5) is 4.39 Å². The standard InChI is InChI=1S/C11H13BrFNO/c1-11(14,8-5-10(8)15)7-4-6(12)2-3-9(7)13/h2-4,8,10,15H,5,14H2,1H3. The third-order valence-electron chi connectivity index (χ3n) is 3.04. The first kappa shape index (κ1) is 11.0. The summed E-state index contributed by atoms with van der Waals surface area (Å²) in [5.74, 6) is -0.358. The Bertz CT molecular complexity index is 394. The van der Waals surface area contributed by atoms with E-state index in [9.17, 15) is 9.50 Å². The lowest BCUT2D eigenvalue weighted by molar-refractivity contribution is 0.228. The maximum absolute atomic E-state index is 13.6. The van der Waals surface area contributed by atoms with E-state index in [-0.39, 0.29) is 11.7 Å². The molecule has 0 aliphatic heterocycles. The largest absolute Gasteiger partial charge is 0.393 e. The molecule has 3 N–H and O–H groups in total. The number of aliphatic hydroxyl groups excluding tert-OH is 1. The van der Waals surface area contributed by atoms with Gasteiger partial charge in [0, 0.05) is 21.5 Å². The van der Waals surface area contributed by atoms with Crippen molar-refractivity contribution in [3.63, 3.8) is 0 Å². The Morgan fingerprint density at radius 2 is 2.20 bits per heavy atom. The Hall–Kier alpha value is -0.450.